The van der Waals surface area contributed by atoms with Gasteiger partial charge in [0.05, 0.1) is 5.69 Å². The second-order valence-corrected chi connectivity index (χ2v) is 3.97. The predicted octanol–water partition coefficient (Wildman–Crippen LogP) is 3.00. The third-order valence-corrected chi connectivity index (χ3v) is 3.16. The van der Waals surface area contributed by atoms with Gasteiger partial charge >= 0.3 is 0 Å². The number of rotatable bonds is 2. The van der Waals surface area contributed by atoms with Crippen LogP contribution in [0.15, 0.2) is 18.3 Å². The Balaban J connectivity index is 2.34. The van der Waals surface area contributed by atoms with Gasteiger partial charge in [-0.05, 0) is 31.4 Å². The van der Waals surface area contributed by atoms with Crippen molar-refractivity contribution in [1.82, 2.24) is 4.98 Å². The first kappa shape index (κ1) is 9.56. The molecule has 1 saturated carbocycles. The molecule has 1 aliphatic rings. The molecule has 3 heteroatoms. The second kappa shape index (κ2) is 3.30. The van der Waals surface area contributed by atoms with E-state index in [1.54, 1.807) is 12.3 Å². The zero-order chi connectivity index (χ0) is 10.2. The van der Waals surface area contributed by atoms with Crippen molar-refractivity contribution in [2.75, 3.05) is 0 Å². The fourth-order valence-corrected chi connectivity index (χ4v) is 2.21. The first-order valence-corrected chi connectivity index (χ1v) is 4.93. The molecule has 1 aromatic rings. The number of halogens is 2. The second-order valence-electron chi connectivity index (χ2n) is 3.97. The molecule has 0 N–H and O–H groups in total. The lowest BCUT2D eigenvalue weighted by atomic mass is 9.63. The Morgan fingerprint density at radius 1 is 1.57 bits per heavy atom. The molecule has 2 rings (SSSR count). The molecule has 0 bridgehead atoms. The van der Waals surface area contributed by atoms with E-state index >= 15 is 0 Å². The summed E-state index contributed by atoms with van der Waals surface area (Å²) in [6.07, 6.45) is 2.37. The first-order chi connectivity index (χ1) is 6.68. The summed E-state index contributed by atoms with van der Waals surface area (Å²) < 4.78 is 26.3. The van der Waals surface area contributed by atoms with Gasteiger partial charge in [0.2, 0.25) is 0 Å². The van der Waals surface area contributed by atoms with Crippen LogP contribution in [0.2, 0.25) is 0 Å². The molecule has 0 aromatic carbocycles. The number of aromatic nitrogens is 1. The Hall–Kier alpha value is -0.990. The zero-order valence-electron chi connectivity index (χ0n) is 8.13. The van der Waals surface area contributed by atoms with Gasteiger partial charge in [0.15, 0.2) is 0 Å². The third kappa shape index (κ3) is 1.31. The largest absolute Gasteiger partial charge is 0.258 e. The average Bonchev–Trinajstić information content (AvgIpc) is 2.14. The van der Waals surface area contributed by atoms with Gasteiger partial charge in [-0.3, -0.25) is 4.98 Å². The van der Waals surface area contributed by atoms with E-state index in [2.05, 4.69) is 4.98 Å². The molecular weight excluding hydrogens is 184 g/mol. The summed E-state index contributed by atoms with van der Waals surface area (Å²) >= 11 is 0. The van der Waals surface area contributed by atoms with Crippen molar-refractivity contribution in [3.05, 3.63) is 29.8 Å². The summed E-state index contributed by atoms with van der Waals surface area (Å²) in [5.74, 6) is -0.304. The maximum atomic E-state index is 13.4. The van der Waals surface area contributed by atoms with Crippen molar-refractivity contribution >= 4 is 0 Å². The molecule has 0 spiro atoms. The summed E-state index contributed by atoms with van der Waals surface area (Å²) in [4.78, 5) is 4.04. The third-order valence-electron chi connectivity index (χ3n) is 3.16. The quantitative estimate of drug-likeness (QED) is 0.710. The topological polar surface area (TPSA) is 12.9 Å². The van der Waals surface area contributed by atoms with Crippen LogP contribution in [-0.4, -0.2) is 11.2 Å². The van der Waals surface area contributed by atoms with E-state index in [0.717, 1.165) is 6.42 Å². The van der Waals surface area contributed by atoms with Crippen molar-refractivity contribution in [3.63, 3.8) is 0 Å². The van der Waals surface area contributed by atoms with Crippen molar-refractivity contribution < 1.29 is 8.78 Å². The summed E-state index contributed by atoms with van der Waals surface area (Å²) in [5.41, 5.74) is 0.0986. The van der Waals surface area contributed by atoms with Crippen LogP contribution in [0.25, 0.3) is 0 Å². The summed E-state index contributed by atoms with van der Waals surface area (Å²) in [6.45, 7) is 1.96. The molecule has 0 unspecified atom stereocenters. The van der Waals surface area contributed by atoms with Crippen LogP contribution in [-0.2, 0) is 5.41 Å². The highest BCUT2D eigenvalue weighted by Crippen LogP contribution is 2.47. The molecule has 14 heavy (non-hydrogen) atoms. The molecule has 76 valence electrons. The molecule has 1 aromatic heterocycles. The van der Waals surface area contributed by atoms with E-state index in [9.17, 15) is 8.78 Å². The number of hydrogen-bond donors (Lipinski definition) is 0. The highest BCUT2D eigenvalue weighted by Gasteiger charge is 2.46. The van der Waals surface area contributed by atoms with E-state index in [-0.39, 0.29) is 11.2 Å². The van der Waals surface area contributed by atoms with Gasteiger partial charge in [-0.15, -0.1) is 0 Å². The molecule has 0 aliphatic heterocycles. The molecule has 0 amide bonds. The molecule has 1 aliphatic carbocycles. The van der Waals surface area contributed by atoms with Crippen LogP contribution < -0.4 is 0 Å². The van der Waals surface area contributed by atoms with E-state index in [4.69, 9.17) is 0 Å². The van der Waals surface area contributed by atoms with Crippen molar-refractivity contribution in [1.29, 1.82) is 0 Å². The SMILES string of the molecule is CCC1(c2ncccc2F)CC(F)C1. The smallest absolute Gasteiger partial charge is 0.145 e. The Morgan fingerprint density at radius 3 is 2.79 bits per heavy atom. The fourth-order valence-electron chi connectivity index (χ4n) is 2.21. The molecular formula is C11H13F2N. The minimum Gasteiger partial charge on any atom is -0.258 e. The molecule has 0 atom stereocenters. The van der Waals surface area contributed by atoms with Gasteiger partial charge in [0, 0.05) is 11.6 Å². The Bertz CT molecular complexity index is 332. The molecule has 0 saturated heterocycles. The van der Waals surface area contributed by atoms with Crippen molar-refractivity contribution in [2.45, 2.75) is 37.8 Å². The van der Waals surface area contributed by atoms with Gasteiger partial charge in [0.1, 0.15) is 12.0 Å². The predicted molar refractivity (Wildman–Crippen MR) is 50.3 cm³/mol. The average molecular weight is 197 g/mol. The highest BCUT2D eigenvalue weighted by molar-refractivity contribution is 5.23. The summed E-state index contributed by atoms with van der Waals surface area (Å²) in [7, 11) is 0. The fraction of sp³-hybridized carbons (Fsp3) is 0.545. The molecule has 1 fully saturated rings. The van der Waals surface area contributed by atoms with Gasteiger partial charge in [0.25, 0.3) is 0 Å². The maximum Gasteiger partial charge on any atom is 0.145 e. The van der Waals surface area contributed by atoms with Crippen molar-refractivity contribution in [3.8, 4) is 0 Å². The normalized spacial score (nSPS) is 31.2. The monoisotopic (exact) mass is 197 g/mol. The zero-order valence-corrected chi connectivity index (χ0v) is 8.13. The molecule has 1 heterocycles. The molecule has 1 nitrogen and oxygen atoms in total. The lowest BCUT2D eigenvalue weighted by Gasteiger charge is -2.43. The van der Waals surface area contributed by atoms with Crippen LogP contribution in [0.3, 0.4) is 0 Å². The number of nitrogens with zero attached hydrogens (tertiary/aromatic N) is 1. The van der Waals surface area contributed by atoms with Gasteiger partial charge in [-0.1, -0.05) is 6.92 Å². The number of alkyl halides is 1. The highest BCUT2D eigenvalue weighted by atomic mass is 19.1. The van der Waals surface area contributed by atoms with Crippen LogP contribution in [0.4, 0.5) is 8.78 Å². The molecule has 0 radical (unpaired) electrons. The number of hydrogen-bond acceptors (Lipinski definition) is 1. The minimum atomic E-state index is -0.781. The van der Waals surface area contributed by atoms with E-state index in [1.807, 2.05) is 6.92 Å². The Kier molecular flexibility index (Phi) is 2.25. The van der Waals surface area contributed by atoms with E-state index in [0.29, 0.717) is 18.5 Å². The van der Waals surface area contributed by atoms with Crippen LogP contribution >= 0.6 is 0 Å². The Labute approximate surface area is 82.2 Å². The minimum absolute atomic E-state index is 0.304. The van der Waals surface area contributed by atoms with Crippen molar-refractivity contribution in [2.24, 2.45) is 0 Å². The van der Waals surface area contributed by atoms with Gasteiger partial charge in [-0.25, -0.2) is 8.78 Å². The van der Waals surface area contributed by atoms with Crippen LogP contribution in [0, 0.1) is 5.82 Å². The van der Waals surface area contributed by atoms with Crippen LogP contribution in [0.1, 0.15) is 31.9 Å². The Morgan fingerprint density at radius 2 is 2.29 bits per heavy atom. The van der Waals surface area contributed by atoms with Gasteiger partial charge < -0.3 is 0 Å². The summed E-state index contributed by atoms with van der Waals surface area (Å²) in [5, 5.41) is 0. The summed E-state index contributed by atoms with van der Waals surface area (Å²) in [6, 6.07) is 2.96. The lowest BCUT2D eigenvalue weighted by Crippen LogP contribution is -2.43. The first-order valence-electron chi connectivity index (χ1n) is 4.93. The lowest BCUT2D eigenvalue weighted by molar-refractivity contribution is 0.0835. The maximum absolute atomic E-state index is 13.4. The standard InChI is InChI=1S/C11H13F2N/c1-2-11(6-8(12)7-11)10-9(13)4-3-5-14-10/h3-5,8H,2,6-7H2,1H3. The van der Waals surface area contributed by atoms with E-state index in [1.165, 1.54) is 6.07 Å². The number of pyridine rings is 1. The van der Waals surface area contributed by atoms with Gasteiger partial charge in [-0.2, -0.15) is 0 Å². The van der Waals surface area contributed by atoms with E-state index < -0.39 is 6.17 Å². The van der Waals surface area contributed by atoms with Crippen LogP contribution in [0.5, 0.6) is 0 Å².